The Morgan fingerprint density at radius 3 is 2.61 bits per heavy atom. The summed E-state index contributed by atoms with van der Waals surface area (Å²) in [5, 5.41) is 12.9. The molecule has 1 amide bonds. The molecule has 2 aromatic carbocycles. The number of thiazole rings is 1. The van der Waals surface area contributed by atoms with E-state index in [4.69, 9.17) is 0 Å². The van der Waals surface area contributed by atoms with E-state index in [9.17, 15) is 4.79 Å². The van der Waals surface area contributed by atoms with Gasteiger partial charge >= 0.3 is 0 Å². The number of allylic oxidation sites excluding steroid dienone is 1. The Morgan fingerprint density at radius 1 is 1.15 bits per heavy atom. The molecule has 0 unspecified atom stereocenters. The molecule has 1 N–H and O–H groups in total. The van der Waals surface area contributed by atoms with E-state index in [2.05, 4.69) is 70.1 Å². The smallest absolute Gasteiger partial charge is 0.236 e. The zero-order valence-electron chi connectivity index (χ0n) is 18.7. The van der Waals surface area contributed by atoms with Crippen LogP contribution in [0.25, 0.3) is 21.6 Å². The standard InChI is InChI=1S/C24H26N6OS2/c1-4-15-30-22(17-11-13-18(14-12-17)29(5-2)6-3)27-28-24(30)32-16-21(31)26-23-25-19-9-7-8-10-20(19)33-23/h4,7-14H,1,5-6,15-16H2,2-3H3,(H,25,26,31). The SMILES string of the molecule is C=CCn1c(SCC(=O)Nc2nc3ccccc3s2)nnc1-c1ccc(N(CC)CC)cc1. The Hall–Kier alpha value is -3.17. The highest BCUT2D eigenvalue weighted by molar-refractivity contribution is 7.99. The van der Waals surface area contributed by atoms with Gasteiger partial charge in [0.15, 0.2) is 16.1 Å². The molecule has 0 saturated heterocycles. The number of hydrogen-bond donors (Lipinski definition) is 1. The molecule has 33 heavy (non-hydrogen) atoms. The number of hydrogen-bond acceptors (Lipinski definition) is 7. The molecule has 170 valence electrons. The summed E-state index contributed by atoms with van der Waals surface area (Å²) in [5.74, 6) is 0.846. The lowest BCUT2D eigenvalue weighted by Crippen LogP contribution is -2.21. The van der Waals surface area contributed by atoms with Crippen LogP contribution in [0.4, 0.5) is 10.8 Å². The highest BCUT2D eigenvalue weighted by atomic mass is 32.2. The number of amides is 1. The van der Waals surface area contributed by atoms with Crippen molar-refractivity contribution < 1.29 is 4.79 Å². The molecule has 4 aromatic rings. The summed E-state index contributed by atoms with van der Waals surface area (Å²) in [6, 6.07) is 16.2. The van der Waals surface area contributed by atoms with Crippen molar-refractivity contribution >= 4 is 50.0 Å². The first kappa shape index (κ1) is 23.0. The van der Waals surface area contributed by atoms with Crippen molar-refractivity contribution in [2.45, 2.75) is 25.5 Å². The molecular weight excluding hydrogens is 452 g/mol. The molecule has 0 fully saturated rings. The molecule has 7 nitrogen and oxygen atoms in total. The van der Waals surface area contributed by atoms with Crippen molar-refractivity contribution in [3.8, 4) is 11.4 Å². The predicted octanol–water partition coefficient (Wildman–Crippen LogP) is 5.32. The number of benzene rings is 2. The maximum Gasteiger partial charge on any atom is 0.236 e. The third-order valence-corrected chi connectivity index (χ3v) is 7.07. The molecule has 0 atom stereocenters. The number of carbonyl (C=O) groups is 1. The Bertz CT molecular complexity index is 1210. The minimum absolute atomic E-state index is 0.127. The summed E-state index contributed by atoms with van der Waals surface area (Å²) in [5.41, 5.74) is 3.04. The summed E-state index contributed by atoms with van der Waals surface area (Å²) in [6.07, 6.45) is 1.81. The lowest BCUT2D eigenvalue weighted by atomic mass is 10.2. The number of nitrogens with one attached hydrogen (secondary N) is 1. The van der Waals surface area contributed by atoms with Gasteiger partial charge in [0.05, 0.1) is 16.0 Å². The minimum atomic E-state index is -0.127. The zero-order chi connectivity index (χ0) is 23.2. The van der Waals surface area contributed by atoms with Gasteiger partial charge in [-0.25, -0.2) is 4.98 Å². The third kappa shape index (κ3) is 5.26. The summed E-state index contributed by atoms with van der Waals surface area (Å²) < 4.78 is 3.03. The second-order valence-electron chi connectivity index (χ2n) is 7.25. The second-order valence-corrected chi connectivity index (χ2v) is 9.22. The van der Waals surface area contributed by atoms with Crippen LogP contribution in [0.2, 0.25) is 0 Å². The Labute approximate surface area is 201 Å². The van der Waals surface area contributed by atoms with Gasteiger partial charge in [0.2, 0.25) is 5.91 Å². The van der Waals surface area contributed by atoms with Gasteiger partial charge < -0.3 is 10.2 Å². The summed E-state index contributed by atoms with van der Waals surface area (Å²) in [6.45, 7) is 10.6. The number of thioether (sulfide) groups is 1. The number of aromatic nitrogens is 4. The van der Waals surface area contributed by atoms with E-state index in [0.29, 0.717) is 16.8 Å². The highest BCUT2D eigenvalue weighted by Gasteiger charge is 2.16. The third-order valence-electron chi connectivity index (χ3n) is 5.16. The minimum Gasteiger partial charge on any atom is -0.372 e. The number of fused-ring (bicyclic) bond motifs is 1. The molecule has 2 aromatic heterocycles. The van der Waals surface area contributed by atoms with Gasteiger partial charge in [-0.3, -0.25) is 9.36 Å². The highest BCUT2D eigenvalue weighted by Crippen LogP contribution is 2.28. The van der Waals surface area contributed by atoms with Crippen molar-refractivity contribution in [3.05, 3.63) is 61.2 Å². The topological polar surface area (TPSA) is 75.9 Å². The predicted molar refractivity (Wildman–Crippen MR) is 138 cm³/mol. The first-order valence-corrected chi connectivity index (χ1v) is 12.6. The molecule has 9 heteroatoms. The lowest BCUT2D eigenvalue weighted by molar-refractivity contribution is -0.113. The largest absolute Gasteiger partial charge is 0.372 e. The van der Waals surface area contributed by atoms with Crippen molar-refractivity contribution in [2.24, 2.45) is 0 Å². The summed E-state index contributed by atoms with van der Waals surface area (Å²) >= 11 is 2.81. The summed E-state index contributed by atoms with van der Waals surface area (Å²) in [7, 11) is 0. The fraction of sp³-hybridized carbons (Fsp3) is 0.250. The van der Waals surface area contributed by atoms with Crippen LogP contribution in [-0.4, -0.2) is 44.5 Å². The molecule has 0 saturated carbocycles. The first-order valence-electron chi connectivity index (χ1n) is 10.8. The second kappa shape index (κ2) is 10.6. The number of para-hydroxylation sites is 1. The van der Waals surface area contributed by atoms with Crippen molar-refractivity contribution in [2.75, 3.05) is 29.1 Å². The lowest BCUT2D eigenvalue weighted by Gasteiger charge is -2.21. The monoisotopic (exact) mass is 478 g/mol. The fourth-order valence-corrected chi connectivity index (χ4v) is 5.15. The van der Waals surface area contributed by atoms with Crippen LogP contribution in [0.1, 0.15) is 13.8 Å². The molecule has 0 aliphatic rings. The van der Waals surface area contributed by atoms with Crippen LogP contribution in [0.3, 0.4) is 0 Å². The van der Waals surface area contributed by atoms with Gasteiger partial charge in [-0.15, -0.1) is 16.8 Å². The molecule has 0 bridgehead atoms. The van der Waals surface area contributed by atoms with Gasteiger partial charge in [-0.05, 0) is 50.2 Å². The van der Waals surface area contributed by atoms with Gasteiger partial charge in [-0.2, -0.15) is 0 Å². The van der Waals surface area contributed by atoms with E-state index in [1.807, 2.05) is 34.9 Å². The van der Waals surface area contributed by atoms with Crippen LogP contribution in [0.15, 0.2) is 66.3 Å². The Morgan fingerprint density at radius 2 is 1.91 bits per heavy atom. The maximum absolute atomic E-state index is 12.5. The van der Waals surface area contributed by atoms with Gasteiger partial charge in [0.1, 0.15) is 0 Å². The molecule has 2 heterocycles. The summed E-state index contributed by atoms with van der Waals surface area (Å²) in [4.78, 5) is 19.3. The van der Waals surface area contributed by atoms with Crippen molar-refractivity contribution in [1.82, 2.24) is 19.7 Å². The van der Waals surface area contributed by atoms with Gasteiger partial charge in [0, 0.05) is 30.9 Å². The average molecular weight is 479 g/mol. The number of carbonyl (C=O) groups excluding carboxylic acids is 1. The van der Waals surface area contributed by atoms with Crippen molar-refractivity contribution in [1.29, 1.82) is 0 Å². The van der Waals surface area contributed by atoms with Crippen LogP contribution >= 0.6 is 23.1 Å². The molecule has 0 radical (unpaired) electrons. The zero-order valence-corrected chi connectivity index (χ0v) is 20.3. The van der Waals surface area contributed by atoms with Gasteiger partial charge in [-0.1, -0.05) is 41.3 Å². The quantitative estimate of drug-likeness (QED) is 0.246. The number of rotatable bonds is 10. The van der Waals surface area contributed by atoms with E-state index in [1.54, 1.807) is 0 Å². The molecule has 0 spiro atoms. The first-order chi connectivity index (χ1) is 16.1. The Balaban J connectivity index is 1.46. The van der Waals surface area contributed by atoms with E-state index in [0.717, 1.165) is 34.7 Å². The van der Waals surface area contributed by atoms with E-state index < -0.39 is 0 Å². The van der Waals surface area contributed by atoms with Gasteiger partial charge in [0.25, 0.3) is 0 Å². The maximum atomic E-state index is 12.5. The fourth-order valence-electron chi connectivity index (χ4n) is 3.52. The van der Waals surface area contributed by atoms with Crippen molar-refractivity contribution in [3.63, 3.8) is 0 Å². The molecule has 4 rings (SSSR count). The van der Waals surface area contributed by atoms with Crippen LogP contribution in [-0.2, 0) is 11.3 Å². The molecule has 0 aliphatic carbocycles. The molecule has 0 aliphatic heterocycles. The van der Waals surface area contributed by atoms with E-state index in [-0.39, 0.29) is 11.7 Å². The van der Waals surface area contributed by atoms with E-state index in [1.165, 1.54) is 28.8 Å². The van der Waals surface area contributed by atoms with Crippen LogP contribution in [0.5, 0.6) is 0 Å². The number of anilines is 2. The average Bonchev–Trinajstić information content (AvgIpc) is 3.42. The number of nitrogens with zero attached hydrogens (tertiary/aromatic N) is 5. The Kier molecular flexibility index (Phi) is 7.41. The molecular formula is C24H26N6OS2. The normalized spacial score (nSPS) is 11.0. The van der Waals surface area contributed by atoms with Crippen LogP contribution < -0.4 is 10.2 Å². The van der Waals surface area contributed by atoms with Crippen LogP contribution in [0, 0.1) is 0 Å². The van der Waals surface area contributed by atoms with E-state index >= 15 is 0 Å².